The second-order valence-corrected chi connectivity index (χ2v) is 9.86. The third-order valence-corrected chi connectivity index (χ3v) is 7.44. The van der Waals surface area contributed by atoms with E-state index in [0.29, 0.717) is 62.1 Å². The number of carbonyl (C=O) groups excluding carboxylic acids is 1. The lowest BCUT2D eigenvalue weighted by atomic mass is 9.84. The van der Waals surface area contributed by atoms with Gasteiger partial charge in [-0.05, 0) is 43.4 Å². The Morgan fingerprint density at radius 2 is 2.08 bits per heavy atom. The van der Waals surface area contributed by atoms with Crippen molar-refractivity contribution in [2.24, 2.45) is 0 Å². The number of pyridine rings is 2. The van der Waals surface area contributed by atoms with E-state index in [9.17, 15) is 9.90 Å². The van der Waals surface area contributed by atoms with Gasteiger partial charge < -0.3 is 24.1 Å². The molecule has 1 amide bonds. The summed E-state index contributed by atoms with van der Waals surface area (Å²) in [7, 11) is 1.57. The summed E-state index contributed by atoms with van der Waals surface area (Å²) in [6.45, 7) is 2.22. The number of hydrogen-bond acceptors (Lipinski definition) is 9. The minimum Gasteiger partial charge on any atom is -0.481 e. The molecular formula is C28H30N4O6. The molecule has 10 heteroatoms. The van der Waals surface area contributed by atoms with Crippen LogP contribution < -0.4 is 4.74 Å². The molecule has 0 unspecified atom stereocenters. The van der Waals surface area contributed by atoms with Crippen LogP contribution in [0.25, 0.3) is 11.0 Å². The number of hydrogen-bond donors (Lipinski definition) is 1. The second kappa shape index (κ2) is 10.1. The summed E-state index contributed by atoms with van der Waals surface area (Å²) in [5.74, 6) is 1.41. The van der Waals surface area contributed by atoms with Gasteiger partial charge in [-0.25, -0.2) is 14.7 Å². The summed E-state index contributed by atoms with van der Waals surface area (Å²) in [4.78, 5) is 25.3. The molecule has 0 radical (unpaired) electrons. The Balaban J connectivity index is 1.07. The van der Waals surface area contributed by atoms with E-state index in [1.165, 1.54) is 11.2 Å². The molecule has 10 nitrogen and oxygen atoms in total. The van der Waals surface area contributed by atoms with Gasteiger partial charge in [0.25, 0.3) is 0 Å². The Hall–Kier alpha value is -3.89. The highest BCUT2D eigenvalue weighted by atomic mass is 16.6. The van der Waals surface area contributed by atoms with Crippen LogP contribution in [-0.4, -0.2) is 70.4 Å². The fraction of sp³-hybridized carbons (Fsp3) is 0.393. The number of methoxy groups -OCH3 is 1. The lowest BCUT2D eigenvalue weighted by molar-refractivity contribution is -0.0316. The van der Waals surface area contributed by atoms with Crippen LogP contribution in [0.5, 0.6) is 5.88 Å². The second-order valence-electron chi connectivity index (χ2n) is 9.86. The van der Waals surface area contributed by atoms with Crippen molar-refractivity contribution in [3.63, 3.8) is 0 Å². The van der Waals surface area contributed by atoms with Crippen molar-refractivity contribution in [3.05, 3.63) is 77.9 Å². The molecule has 1 atom stereocenters. The molecule has 6 rings (SSSR count). The van der Waals surface area contributed by atoms with Crippen molar-refractivity contribution in [3.8, 4) is 5.88 Å². The number of rotatable bonds is 6. The van der Waals surface area contributed by atoms with E-state index in [1.54, 1.807) is 25.6 Å². The highest BCUT2D eigenvalue weighted by Crippen LogP contribution is 2.37. The van der Waals surface area contributed by atoms with E-state index < -0.39 is 11.7 Å². The zero-order valence-electron chi connectivity index (χ0n) is 21.2. The maximum absolute atomic E-state index is 12.7. The van der Waals surface area contributed by atoms with Gasteiger partial charge in [0.05, 0.1) is 30.3 Å². The smallest absolute Gasteiger partial charge is 0.417 e. The van der Waals surface area contributed by atoms with Gasteiger partial charge in [0.1, 0.15) is 12.4 Å². The van der Waals surface area contributed by atoms with Crippen molar-refractivity contribution in [2.45, 2.75) is 37.4 Å². The zero-order chi connectivity index (χ0) is 26.1. The molecule has 3 aliphatic heterocycles. The molecule has 198 valence electrons. The molecular weight excluding hydrogens is 488 g/mol. The molecule has 4 aliphatic rings. The lowest BCUT2D eigenvalue weighted by Gasteiger charge is -2.39. The minimum atomic E-state index is -1.03. The van der Waals surface area contributed by atoms with Crippen molar-refractivity contribution in [2.75, 3.05) is 33.3 Å². The minimum absolute atomic E-state index is 0.322. The number of aliphatic hydroxyl groups is 1. The van der Waals surface area contributed by atoms with E-state index in [0.717, 1.165) is 29.5 Å². The van der Waals surface area contributed by atoms with E-state index in [2.05, 4.69) is 20.9 Å². The summed E-state index contributed by atoms with van der Waals surface area (Å²) in [6.07, 6.45) is 12.8. The molecule has 2 saturated heterocycles. The van der Waals surface area contributed by atoms with Crippen LogP contribution in [0.2, 0.25) is 0 Å². The first-order chi connectivity index (χ1) is 18.5. The number of cyclic esters (lactones) is 1. The average molecular weight is 519 g/mol. The van der Waals surface area contributed by atoms with Crippen molar-refractivity contribution < 1.29 is 28.8 Å². The number of nitrogens with zero attached hydrogens (tertiary/aromatic N) is 4. The number of piperidine rings is 1. The zero-order valence-corrected chi connectivity index (χ0v) is 21.2. The van der Waals surface area contributed by atoms with E-state index in [4.69, 9.17) is 18.9 Å². The van der Waals surface area contributed by atoms with E-state index >= 15 is 0 Å². The summed E-state index contributed by atoms with van der Waals surface area (Å²) < 4.78 is 22.4. The van der Waals surface area contributed by atoms with Gasteiger partial charge in [0.15, 0.2) is 12.0 Å². The molecule has 0 saturated carbocycles. The maximum Gasteiger partial charge on any atom is 0.417 e. The number of likely N-dealkylation sites (tertiary alicyclic amines) is 1. The van der Waals surface area contributed by atoms with Crippen LogP contribution in [-0.2, 0) is 19.8 Å². The molecule has 38 heavy (non-hydrogen) atoms. The molecule has 5 heterocycles. The van der Waals surface area contributed by atoms with Gasteiger partial charge in [-0.15, -0.1) is 0 Å². The van der Waals surface area contributed by atoms with Crippen LogP contribution >= 0.6 is 0 Å². The fourth-order valence-corrected chi connectivity index (χ4v) is 5.34. The third-order valence-electron chi connectivity index (χ3n) is 7.44. The largest absolute Gasteiger partial charge is 0.481 e. The van der Waals surface area contributed by atoms with Gasteiger partial charge >= 0.3 is 6.09 Å². The highest BCUT2D eigenvalue weighted by Gasteiger charge is 2.40. The van der Waals surface area contributed by atoms with Gasteiger partial charge in [0.2, 0.25) is 11.8 Å². The standard InChI is InChI=1S/C28H30N4O6/c1-35-24-8-7-22-26(30-24)21(9-12-29-22)28(34)10-13-31(14-11-28)15-20-16-32(27(33)37-20)25-18-36-17-23(38-25)19-5-3-2-4-6-19/h2-3,5,7-9,12,17-18,20,34H,4,6,10-11,13-16H2,1H3/t20-/m1/s1. The highest BCUT2D eigenvalue weighted by molar-refractivity contribution is 5.79. The Bertz CT molecular complexity index is 1360. The third kappa shape index (κ3) is 4.72. The number of ether oxygens (including phenoxy) is 4. The van der Waals surface area contributed by atoms with Gasteiger partial charge in [-0.3, -0.25) is 9.88 Å². The van der Waals surface area contributed by atoms with Crippen LogP contribution in [0.15, 0.2) is 72.4 Å². The van der Waals surface area contributed by atoms with Crippen LogP contribution in [0, 0.1) is 0 Å². The van der Waals surface area contributed by atoms with Gasteiger partial charge in [-0.1, -0.05) is 18.2 Å². The number of amides is 1. The molecule has 1 aliphatic carbocycles. The topological polar surface area (TPSA) is 106 Å². The predicted octanol–water partition coefficient (Wildman–Crippen LogP) is 3.71. The molecule has 0 aromatic carbocycles. The first-order valence-corrected chi connectivity index (χ1v) is 12.9. The van der Waals surface area contributed by atoms with E-state index in [-0.39, 0.29) is 6.10 Å². The normalized spacial score (nSPS) is 23.2. The number of allylic oxidation sites excluding steroid dienone is 4. The Kier molecular flexibility index (Phi) is 6.50. The molecule has 2 aromatic rings. The molecule has 1 N–H and O–H groups in total. The Morgan fingerprint density at radius 3 is 2.87 bits per heavy atom. The summed E-state index contributed by atoms with van der Waals surface area (Å²) in [6, 6.07) is 5.45. The number of aromatic nitrogens is 2. The summed E-state index contributed by atoms with van der Waals surface area (Å²) in [5.41, 5.74) is 2.13. The first kappa shape index (κ1) is 24.4. The molecule has 2 fully saturated rings. The van der Waals surface area contributed by atoms with Gasteiger partial charge in [0, 0.05) is 37.5 Å². The van der Waals surface area contributed by atoms with Crippen LogP contribution in [0.1, 0.15) is 31.2 Å². The lowest BCUT2D eigenvalue weighted by Crippen LogP contribution is -2.45. The van der Waals surface area contributed by atoms with Crippen LogP contribution in [0.3, 0.4) is 0 Å². The van der Waals surface area contributed by atoms with Crippen molar-refractivity contribution in [1.29, 1.82) is 0 Å². The SMILES string of the molecule is COc1ccc2nccc(C3(O)CCN(C[C@@H]4CN(C5=COC=C(C6=CC=CCC6)O5)C(=O)O4)CC3)c2n1. The summed E-state index contributed by atoms with van der Waals surface area (Å²) >= 11 is 0. The number of carbonyl (C=O) groups is 1. The maximum atomic E-state index is 12.7. The Labute approximate surface area is 220 Å². The quantitative estimate of drug-likeness (QED) is 0.613. The first-order valence-electron chi connectivity index (χ1n) is 12.9. The van der Waals surface area contributed by atoms with E-state index in [1.807, 2.05) is 24.3 Å². The number of fused-ring (bicyclic) bond motifs is 1. The average Bonchev–Trinajstić information content (AvgIpc) is 3.34. The predicted molar refractivity (Wildman–Crippen MR) is 137 cm³/mol. The molecule has 0 bridgehead atoms. The van der Waals surface area contributed by atoms with Crippen molar-refractivity contribution in [1.82, 2.24) is 19.8 Å². The molecule has 0 spiro atoms. The fourth-order valence-electron chi connectivity index (χ4n) is 5.34. The van der Waals surface area contributed by atoms with Gasteiger partial charge in [-0.2, -0.15) is 0 Å². The van der Waals surface area contributed by atoms with Crippen LogP contribution in [0.4, 0.5) is 4.79 Å². The molecule has 2 aromatic heterocycles. The summed E-state index contributed by atoms with van der Waals surface area (Å²) in [5, 5.41) is 11.6. The van der Waals surface area contributed by atoms with Crippen molar-refractivity contribution >= 4 is 17.1 Å². The monoisotopic (exact) mass is 518 g/mol. The Morgan fingerprint density at radius 1 is 1.21 bits per heavy atom.